The lowest BCUT2D eigenvalue weighted by molar-refractivity contribution is -0.130. The molecule has 0 bridgehead atoms. The van der Waals surface area contributed by atoms with Crippen molar-refractivity contribution < 1.29 is 13.6 Å². The third-order valence-corrected chi connectivity index (χ3v) is 5.94. The summed E-state index contributed by atoms with van der Waals surface area (Å²) in [5.74, 6) is -0.107. The number of piperazine rings is 1. The minimum absolute atomic E-state index is 0.0847. The minimum atomic E-state index is -0.586. The second kappa shape index (κ2) is 8.88. The van der Waals surface area contributed by atoms with Gasteiger partial charge in [0.1, 0.15) is 11.6 Å². The molecule has 1 saturated carbocycles. The van der Waals surface area contributed by atoms with Gasteiger partial charge in [-0.05, 0) is 31.9 Å². The monoisotopic (exact) mass is 392 g/mol. The maximum atomic E-state index is 14.5. The van der Waals surface area contributed by atoms with Gasteiger partial charge < -0.3 is 15.1 Å². The molecule has 3 rings (SSSR count). The summed E-state index contributed by atoms with van der Waals surface area (Å²) in [6.45, 7) is 7.39. The van der Waals surface area contributed by atoms with Crippen molar-refractivity contribution in [1.29, 1.82) is 0 Å². The Kier molecular flexibility index (Phi) is 6.52. The fourth-order valence-corrected chi connectivity index (χ4v) is 4.43. The zero-order chi connectivity index (χ0) is 20.1. The van der Waals surface area contributed by atoms with Crippen LogP contribution in [-0.2, 0) is 10.2 Å². The third kappa shape index (κ3) is 4.28. The molecule has 7 heteroatoms. The van der Waals surface area contributed by atoms with E-state index in [1.165, 1.54) is 18.2 Å². The zero-order valence-electron chi connectivity index (χ0n) is 16.8. The SMILES string of the molecule is CCNC(=NCC1(c2c(F)cccc2F)CCCC1)N1CCN(C(C)=O)CC1. The van der Waals surface area contributed by atoms with E-state index in [1.807, 2.05) is 11.8 Å². The van der Waals surface area contributed by atoms with Gasteiger partial charge in [0.25, 0.3) is 0 Å². The summed E-state index contributed by atoms with van der Waals surface area (Å²) in [5, 5.41) is 3.30. The second-order valence-corrected chi connectivity index (χ2v) is 7.75. The van der Waals surface area contributed by atoms with Gasteiger partial charge in [-0.15, -0.1) is 0 Å². The lowest BCUT2D eigenvalue weighted by Gasteiger charge is -2.37. The number of carbonyl (C=O) groups is 1. The highest BCUT2D eigenvalue weighted by molar-refractivity contribution is 5.80. The molecule has 0 atom stereocenters. The van der Waals surface area contributed by atoms with E-state index in [-0.39, 0.29) is 11.5 Å². The molecule has 1 N–H and O–H groups in total. The average Bonchev–Trinajstić information content (AvgIpc) is 3.14. The molecule has 5 nitrogen and oxygen atoms in total. The van der Waals surface area contributed by atoms with Crippen molar-refractivity contribution in [3.8, 4) is 0 Å². The first-order chi connectivity index (χ1) is 13.5. The van der Waals surface area contributed by atoms with Crippen LogP contribution in [0.5, 0.6) is 0 Å². The van der Waals surface area contributed by atoms with E-state index in [2.05, 4.69) is 10.2 Å². The maximum absolute atomic E-state index is 14.5. The van der Waals surface area contributed by atoms with E-state index < -0.39 is 17.0 Å². The van der Waals surface area contributed by atoms with Crippen LogP contribution in [0.1, 0.15) is 45.1 Å². The van der Waals surface area contributed by atoms with Crippen LogP contribution in [0.4, 0.5) is 8.78 Å². The van der Waals surface area contributed by atoms with Crippen LogP contribution < -0.4 is 5.32 Å². The minimum Gasteiger partial charge on any atom is -0.357 e. The first-order valence-electron chi connectivity index (χ1n) is 10.2. The Morgan fingerprint density at radius 2 is 1.68 bits per heavy atom. The number of halogens is 2. The van der Waals surface area contributed by atoms with Crippen LogP contribution in [0.3, 0.4) is 0 Å². The van der Waals surface area contributed by atoms with Crippen LogP contribution >= 0.6 is 0 Å². The Labute approximate surface area is 165 Å². The van der Waals surface area contributed by atoms with Crippen LogP contribution in [0.15, 0.2) is 23.2 Å². The number of carbonyl (C=O) groups excluding carboxylic acids is 1. The summed E-state index contributed by atoms with van der Waals surface area (Å²) in [4.78, 5) is 20.3. The van der Waals surface area contributed by atoms with Crippen LogP contribution in [0.2, 0.25) is 0 Å². The third-order valence-electron chi connectivity index (χ3n) is 5.94. The predicted molar refractivity (Wildman–Crippen MR) is 106 cm³/mol. The molecule has 0 aromatic heterocycles. The number of amides is 1. The van der Waals surface area contributed by atoms with E-state index in [1.54, 1.807) is 6.92 Å². The van der Waals surface area contributed by atoms with Crippen molar-refractivity contribution in [2.45, 2.75) is 44.9 Å². The molecule has 0 unspecified atom stereocenters. The Morgan fingerprint density at radius 1 is 1.11 bits per heavy atom. The standard InChI is InChI=1S/C21H30F2N4O/c1-3-24-20(27-13-11-26(12-14-27)16(2)28)25-15-21(9-4-5-10-21)19-17(22)7-6-8-18(19)23/h6-8H,3-5,9-15H2,1-2H3,(H,24,25). The predicted octanol–water partition coefficient (Wildman–Crippen LogP) is 2.91. The molecular weight excluding hydrogens is 362 g/mol. The number of nitrogens with zero attached hydrogens (tertiary/aromatic N) is 3. The van der Waals surface area contributed by atoms with Gasteiger partial charge in [-0.2, -0.15) is 0 Å². The number of hydrogen-bond acceptors (Lipinski definition) is 2. The van der Waals surface area contributed by atoms with Crippen LogP contribution in [-0.4, -0.2) is 60.9 Å². The quantitative estimate of drug-likeness (QED) is 0.633. The van der Waals surface area contributed by atoms with Gasteiger partial charge in [0.05, 0.1) is 6.54 Å². The van der Waals surface area contributed by atoms with E-state index in [4.69, 9.17) is 4.99 Å². The largest absolute Gasteiger partial charge is 0.357 e. The van der Waals surface area contributed by atoms with Gasteiger partial charge >= 0.3 is 0 Å². The second-order valence-electron chi connectivity index (χ2n) is 7.75. The molecule has 1 heterocycles. The number of aliphatic imine (C=N–C) groups is 1. The van der Waals surface area contributed by atoms with E-state index in [9.17, 15) is 13.6 Å². The van der Waals surface area contributed by atoms with Gasteiger partial charge in [0.15, 0.2) is 5.96 Å². The molecule has 1 aromatic rings. The molecule has 1 aliphatic heterocycles. The molecule has 1 saturated heterocycles. The fourth-order valence-electron chi connectivity index (χ4n) is 4.43. The summed E-state index contributed by atoms with van der Waals surface area (Å²) in [7, 11) is 0. The van der Waals surface area contributed by atoms with Crippen molar-refractivity contribution in [3.05, 3.63) is 35.4 Å². The lowest BCUT2D eigenvalue weighted by Crippen LogP contribution is -2.53. The average molecular weight is 392 g/mol. The lowest BCUT2D eigenvalue weighted by atomic mass is 9.78. The Morgan fingerprint density at radius 3 is 2.21 bits per heavy atom. The van der Waals surface area contributed by atoms with E-state index >= 15 is 0 Å². The van der Waals surface area contributed by atoms with Crippen molar-refractivity contribution in [2.75, 3.05) is 39.3 Å². The normalized spacial score (nSPS) is 19.8. The molecule has 1 aromatic carbocycles. The van der Waals surface area contributed by atoms with Crippen molar-refractivity contribution in [3.63, 3.8) is 0 Å². The highest BCUT2D eigenvalue weighted by Crippen LogP contribution is 2.43. The van der Waals surface area contributed by atoms with Gasteiger partial charge in [0.2, 0.25) is 5.91 Å². The highest BCUT2D eigenvalue weighted by Gasteiger charge is 2.40. The first-order valence-corrected chi connectivity index (χ1v) is 10.2. The number of benzene rings is 1. The summed E-state index contributed by atoms with van der Waals surface area (Å²) < 4.78 is 29.1. The molecule has 1 aliphatic carbocycles. The first kappa shape index (κ1) is 20.6. The van der Waals surface area contributed by atoms with Crippen LogP contribution in [0.25, 0.3) is 0 Å². The summed E-state index contributed by atoms with van der Waals surface area (Å²) >= 11 is 0. The maximum Gasteiger partial charge on any atom is 0.219 e. The van der Waals surface area contributed by atoms with Crippen molar-refractivity contribution >= 4 is 11.9 Å². The molecule has 0 spiro atoms. The Bertz CT molecular complexity index is 703. The smallest absolute Gasteiger partial charge is 0.219 e. The summed E-state index contributed by atoms with van der Waals surface area (Å²) in [6, 6.07) is 4.10. The van der Waals surface area contributed by atoms with Crippen LogP contribution in [0, 0.1) is 11.6 Å². The Balaban J connectivity index is 1.81. The van der Waals surface area contributed by atoms with E-state index in [0.29, 0.717) is 39.3 Å². The number of rotatable bonds is 4. The topological polar surface area (TPSA) is 47.9 Å². The fraction of sp³-hybridized carbons (Fsp3) is 0.619. The highest BCUT2D eigenvalue weighted by atomic mass is 19.1. The number of nitrogens with one attached hydrogen (secondary N) is 1. The Hall–Kier alpha value is -2.18. The van der Waals surface area contributed by atoms with Gasteiger partial charge in [0, 0.05) is 50.6 Å². The van der Waals surface area contributed by atoms with Gasteiger partial charge in [-0.3, -0.25) is 9.79 Å². The number of hydrogen-bond donors (Lipinski definition) is 1. The number of guanidine groups is 1. The molecule has 2 aliphatic rings. The van der Waals surface area contributed by atoms with E-state index in [0.717, 1.165) is 31.6 Å². The molecule has 28 heavy (non-hydrogen) atoms. The summed E-state index contributed by atoms with van der Waals surface area (Å²) in [6.07, 6.45) is 3.39. The molecule has 2 fully saturated rings. The molecule has 1 amide bonds. The summed E-state index contributed by atoms with van der Waals surface area (Å²) in [5.41, 5.74) is -0.398. The molecule has 0 radical (unpaired) electrons. The van der Waals surface area contributed by atoms with Gasteiger partial charge in [-0.25, -0.2) is 8.78 Å². The van der Waals surface area contributed by atoms with Gasteiger partial charge in [-0.1, -0.05) is 18.9 Å². The molecule has 154 valence electrons. The van der Waals surface area contributed by atoms with Crippen molar-refractivity contribution in [1.82, 2.24) is 15.1 Å². The zero-order valence-corrected chi connectivity index (χ0v) is 16.8. The molecular formula is C21H30F2N4O. The van der Waals surface area contributed by atoms with Crippen molar-refractivity contribution in [2.24, 2.45) is 4.99 Å².